The lowest BCUT2D eigenvalue weighted by atomic mass is 10.1. The highest BCUT2D eigenvalue weighted by atomic mass is 32.1. The summed E-state index contributed by atoms with van der Waals surface area (Å²) in [4.78, 5) is 15.7. The molecule has 0 unspecified atom stereocenters. The SMILES string of the molecule is CCCCc1ccc(-c2csc(NC(C)=C(C#N)C(N)=O)n2)cc1. The maximum atomic E-state index is 11.2. The maximum absolute atomic E-state index is 11.2. The van der Waals surface area contributed by atoms with Gasteiger partial charge in [0.15, 0.2) is 5.13 Å². The Bertz CT molecular complexity index is 784. The molecular weight excluding hydrogens is 320 g/mol. The van der Waals surface area contributed by atoms with E-state index >= 15 is 0 Å². The molecule has 3 N–H and O–H groups in total. The van der Waals surface area contributed by atoms with E-state index in [9.17, 15) is 4.79 Å². The lowest BCUT2D eigenvalue weighted by Crippen LogP contribution is -2.16. The van der Waals surface area contributed by atoms with Crippen molar-refractivity contribution < 1.29 is 4.79 Å². The fourth-order valence-corrected chi connectivity index (χ4v) is 3.01. The van der Waals surface area contributed by atoms with E-state index in [2.05, 4.69) is 41.5 Å². The van der Waals surface area contributed by atoms with Crippen LogP contribution in [0.3, 0.4) is 0 Å². The van der Waals surface area contributed by atoms with Gasteiger partial charge in [-0.15, -0.1) is 11.3 Å². The van der Waals surface area contributed by atoms with E-state index in [1.807, 2.05) is 5.38 Å². The van der Waals surface area contributed by atoms with E-state index < -0.39 is 5.91 Å². The van der Waals surface area contributed by atoms with Gasteiger partial charge in [0.25, 0.3) is 5.91 Å². The Morgan fingerprint density at radius 3 is 2.67 bits per heavy atom. The van der Waals surface area contributed by atoms with Crippen molar-refractivity contribution in [1.29, 1.82) is 5.26 Å². The third-order valence-corrected chi connectivity index (χ3v) is 4.36. The molecule has 1 aromatic carbocycles. The molecule has 124 valence electrons. The quantitative estimate of drug-likeness (QED) is 0.591. The van der Waals surface area contributed by atoms with Crippen LogP contribution in [0, 0.1) is 11.3 Å². The Morgan fingerprint density at radius 2 is 2.08 bits per heavy atom. The van der Waals surface area contributed by atoms with Crippen LogP contribution in [-0.4, -0.2) is 10.9 Å². The number of carbonyl (C=O) groups excluding carboxylic acids is 1. The fourth-order valence-electron chi connectivity index (χ4n) is 2.23. The Kier molecular flexibility index (Phi) is 6.10. The van der Waals surface area contributed by atoms with Gasteiger partial charge in [-0.1, -0.05) is 37.6 Å². The number of allylic oxidation sites excluding steroid dienone is 1. The standard InChI is InChI=1S/C18H20N4OS/c1-3-4-5-13-6-8-14(9-7-13)16-11-24-18(22-16)21-12(2)15(10-19)17(20)23/h6-9,11H,3-5H2,1-2H3,(H2,20,23)(H,21,22). The molecular formula is C18H20N4OS. The molecule has 5 nitrogen and oxygen atoms in total. The van der Waals surface area contributed by atoms with Crippen LogP contribution in [0.5, 0.6) is 0 Å². The molecule has 0 fully saturated rings. The van der Waals surface area contributed by atoms with Gasteiger partial charge in [0.2, 0.25) is 0 Å². The molecule has 0 spiro atoms. The third kappa shape index (κ3) is 4.43. The molecule has 1 heterocycles. The van der Waals surface area contributed by atoms with Gasteiger partial charge < -0.3 is 11.1 Å². The lowest BCUT2D eigenvalue weighted by Gasteiger charge is -2.04. The van der Waals surface area contributed by atoms with Crippen molar-refractivity contribution in [2.45, 2.75) is 33.1 Å². The predicted octanol–water partition coefficient (Wildman–Crippen LogP) is 3.85. The molecule has 0 aliphatic heterocycles. The van der Waals surface area contributed by atoms with Gasteiger partial charge in [-0.3, -0.25) is 4.79 Å². The summed E-state index contributed by atoms with van der Waals surface area (Å²) in [6.45, 7) is 3.82. The second kappa shape index (κ2) is 8.27. The summed E-state index contributed by atoms with van der Waals surface area (Å²) in [5, 5.41) is 14.5. The first-order chi connectivity index (χ1) is 11.5. The molecule has 1 amide bonds. The molecule has 0 radical (unpaired) electrons. The maximum Gasteiger partial charge on any atom is 0.261 e. The summed E-state index contributed by atoms with van der Waals surface area (Å²) in [5.74, 6) is -0.748. The monoisotopic (exact) mass is 340 g/mol. The van der Waals surface area contributed by atoms with E-state index in [1.54, 1.807) is 13.0 Å². The minimum Gasteiger partial charge on any atom is -0.365 e. The lowest BCUT2D eigenvalue weighted by molar-refractivity contribution is -0.114. The number of primary amides is 1. The van der Waals surface area contributed by atoms with Gasteiger partial charge >= 0.3 is 0 Å². The smallest absolute Gasteiger partial charge is 0.261 e. The Morgan fingerprint density at radius 1 is 1.38 bits per heavy atom. The van der Waals surface area contributed by atoms with E-state index in [-0.39, 0.29) is 5.57 Å². The van der Waals surface area contributed by atoms with E-state index in [1.165, 1.54) is 29.7 Å². The first-order valence-corrected chi connectivity index (χ1v) is 8.65. The zero-order chi connectivity index (χ0) is 17.5. The minimum absolute atomic E-state index is 0.0907. The highest BCUT2D eigenvalue weighted by Gasteiger charge is 2.11. The summed E-state index contributed by atoms with van der Waals surface area (Å²) < 4.78 is 0. The Balaban J connectivity index is 2.13. The number of carbonyl (C=O) groups is 1. The number of thiazole rings is 1. The number of unbranched alkanes of at least 4 members (excludes halogenated alkanes) is 1. The number of hydrogen-bond donors (Lipinski definition) is 2. The second-order valence-corrected chi connectivity index (χ2v) is 6.30. The van der Waals surface area contributed by atoms with Crippen LogP contribution in [-0.2, 0) is 11.2 Å². The Hall–Kier alpha value is -2.65. The van der Waals surface area contributed by atoms with Gasteiger partial charge in [0.05, 0.1) is 5.69 Å². The predicted molar refractivity (Wildman–Crippen MR) is 97.3 cm³/mol. The first-order valence-electron chi connectivity index (χ1n) is 7.77. The van der Waals surface area contributed by atoms with Crippen molar-refractivity contribution in [3.63, 3.8) is 0 Å². The molecule has 0 saturated carbocycles. The summed E-state index contributed by atoms with van der Waals surface area (Å²) in [6.07, 6.45) is 3.47. The average Bonchev–Trinajstić information content (AvgIpc) is 3.02. The van der Waals surface area contributed by atoms with Crippen LogP contribution >= 0.6 is 11.3 Å². The van der Waals surface area contributed by atoms with Gasteiger partial charge in [-0.2, -0.15) is 5.26 Å². The fraction of sp³-hybridized carbons (Fsp3) is 0.278. The van der Waals surface area contributed by atoms with E-state index in [4.69, 9.17) is 11.0 Å². The molecule has 0 aliphatic carbocycles. The van der Waals surface area contributed by atoms with Crippen LogP contribution in [0.15, 0.2) is 40.9 Å². The molecule has 1 aromatic heterocycles. The molecule has 2 aromatic rings. The number of nitrogens with two attached hydrogens (primary N) is 1. The molecule has 0 atom stereocenters. The third-order valence-electron chi connectivity index (χ3n) is 3.60. The first kappa shape index (κ1) is 17.7. The van der Waals surface area contributed by atoms with Crippen molar-refractivity contribution in [1.82, 2.24) is 4.98 Å². The van der Waals surface area contributed by atoms with Gasteiger partial charge in [0, 0.05) is 16.6 Å². The van der Waals surface area contributed by atoms with Crippen LogP contribution in [0.2, 0.25) is 0 Å². The number of rotatable bonds is 7. The molecule has 6 heteroatoms. The van der Waals surface area contributed by atoms with E-state index in [0.717, 1.165) is 17.7 Å². The van der Waals surface area contributed by atoms with Crippen LogP contribution in [0.4, 0.5) is 5.13 Å². The second-order valence-electron chi connectivity index (χ2n) is 5.44. The summed E-state index contributed by atoms with van der Waals surface area (Å²) in [6, 6.07) is 10.2. The number of nitrogens with one attached hydrogen (secondary N) is 1. The van der Waals surface area contributed by atoms with Gasteiger partial charge in [-0.25, -0.2) is 4.98 Å². The van der Waals surface area contributed by atoms with Gasteiger partial charge in [0.1, 0.15) is 11.6 Å². The molecule has 0 saturated heterocycles. The van der Waals surface area contributed by atoms with Crippen molar-refractivity contribution in [3.05, 3.63) is 46.5 Å². The summed E-state index contributed by atoms with van der Waals surface area (Å²) in [5.41, 5.74) is 8.71. The van der Waals surface area contributed by atoms with Crippen molar-refractivity contribution in [2.75, 3.05) is 5.32 Å². The topological polar surface area (TPSA) is 91.8 Å². The zero-order valence-electron chi connectivity index (χ0n) is 13.8. The minimum atomic E-state index is -0.748. The molecule has 0 bridgehead atoms. The average molecular weight is 340 g/mol. The number of aromatic nitrogens is 1. The van der Waals surface area contributed by atoms with Crippen molar-refractivity contribution >= 4 is 22.4 Å². The summed E-state index contributed by atoms with van der Waals surface area (Å²) in [7, 11) is 0. The number of hydrogen-bond acceptors (Lipinski definition) is 5. The van der Waals surface area contributed by atoms with E-state index in [0.29, 0.717) is 10.8 Å². The molecule has 2 rings (SSSR count). The number of amides is 1. The zero-order valence-corrected chi connectivity index (χ0v) is 14.6. The summed E-state index contributed by atoms with van der Waals surface area (Å²) >= 11 is 1.41. The van der Waals surface area contributed by atoms with Crippen molar-refractivity contribution in [2.24, 2.45) is 5.73 Å². The highest BCUT2D eigenvalue weighted by molar-refractivity contribution is 7.14. The largest absolute Gasteiger partial charge is 0.365 e. The number of nitrogens with zero attached hydrogens (tertiary/aromatic N) is 2. The number of aryl methyl sites for hydroxylation is 1. The number of benzene rings is 1. The van der Waals surface area contributed by atoms with Crippen LogP contribution < -0.4 is 11.1 Å². The number of nitriles is 1. The normalized spacial score (nSPS) is 11.5. The highest BCUT2D eigenvalue weighted by Crippen LogP contribution is 2.26. The number of anilines is 1. The molecule has 0 aliphatic rings. The molecule has 24 heavy (non-hydrogen) atoms. The van der Waals surface area contributed by atoms with Crippen LogP contribution in [0.1, 0.15) is 32.3 Å². The van der Waals surface area contributed by atoms with Crippen molar-refractivity contribution in [3.8, 4) is 17.3 Å². The van der Waals surface area contributed by atoms with Crippen LogP contribution in [0.25, 0.3) is 11.3 Å². The van der Waals surface area contributed by atoms with Gasteiger partial charge in [-0.05, 0) is 25.3 Å². The Labute approximate surface area is 145 Å².